The molecule has 0 spiro atoms. The number of alkyl halides is 3. The molecule has 1 aromatic heterocycles. The predicted molar refractivity (Wildman–Crippen MR) is 153 cm³/mol. The maximum absolute atomic E-state index is 12.9. The van der Waals surface area contributed by atoms with E-state index in [0.29, 0.717) is 0 Å². The van der Waals surface area contributed by atoms with E-state index in [1.54, 1.807) is 0 Å². The van der Waals surface area contributed by atoms with E-state index in [1.165, 1.54) is 12.1 Å². The molecule has 0 saturated carbocycles. The molecular formula is C35H21F3O. The van der Waals surface area contributed by atoms with Crippen molar-refractivity contribution in [2.45, 2.75) is 6.18 Å². The quantitative estimate of drug-likeness (QED) is 0.229. The highest BCUT2D eigenvalue weighted by Crippen LogP contribution is 2.35. The van der Waals surface area contributed by atoms with Crippen molar-refractivity contribution < 1.29 is 17.6 Å². The van der Waals surface area contributed by atoms with E-state index in [0.717, 1.165) is 78.2 Å². The van der Waals surface area contributed by atoms with Crippen LogP contribution in [-0.2, 0) is 6.18 Å². The summed E-state index contributed by atoms with van der Waals surface area (Å²) in [6.45, 7) is 0. The molecule has 4 heteroatoms. The Kier molecular flexibility index (Phi) is 5.31. The van der Waals surface area contributed by atoms with Crippen LogP contribution in [0.25, 0.3) is 66.1 Å². The maximum Gasteiger partial charge on any atom is 0.416 e. The van der Waals surface area contributed by atoms with Crippen molar-refractivity contribution in [2.75, 3.05) is 0 Å². The second-order valence-corrected chi connectivity index (χ2v) is 9.74. The Morgan fingerprint density at radius 2 is 0.872 bits per heavy atom. The third kappa shape index (κ3) is 4.24. The van der Waals surface area contributed by atoms with E-state index >= 15 is 0 Å². The highest BCUT2D eigenvalue weighted by atomic mass is 19.4. The van der Waals surface area contributed by atoms with Gasteiger partial charge in [-0.25, -0.2) is 0 Å². The zero-order valence-corrected chi connectivity index (χ0v) is 20.7. The number of fused-ring (bicyclic) bond motifs is 4. The van der Waals surface area contributed by atoms with Crippen LogP contribution in [0.3, 0.4) is 0 Å². The molecule has 0 fully saturated rings. The van der Waals surface area contributed by atoms with Crippen molar-refractivity contribution in [3.8, 4) is 33.4 Å². The monoisotopic (exact) mass is 514 g/mol. The zero-order chi connectivity index (χ0) is 26.6. The van der Waals surface area contributed by atoms with E-state index in [1.807, 2.05) is 48.5 Å². The normalized spacial score (nSPS) is 12.0. The van der Waals surface area contributed by atoms with Gasteiger partial charge in [0.1, 0.15) is 11.2 Å². The van der Waals surface area contributed by atoms with Crippen LogP contribution in [0.5, 0.6) is 0 Å². The third-order valence-electron chi connectivity index (χ3n) is 7.31. The van der Waals surface area contributed by atoms with Crippen LogP contribution >= 0.6 is 0 Å². The Morgan fingerprint density at radius 1 is 0.410 bits per heavy atom. The summed E-state index contributed by atoms with van der Waals surface area (Å²) in [6, 6.07) is 40.5. The SMILES string of the molecule is FC(F)(F)c1ccc(-c2ccc(-c3ccc4cc(-c5ccc6oc7ccccc7c6c5)ccc4c3)cc2)cc1. The predicted octanol–water partition coefficient (Wildman–Crippen LogP) is 10.8. The lowest BCUT2D eigenvalue weighted by molar-refractivity contribution is -0.137. The summed E-state index contributed by atoms with van der Waals surface area (Å²) < 4.78 is 44.6. The first kappa shape index (κ1) is 23.3. The van der Waals surface area contributed by atoms with Gasteiger partial charge in [0.2, 0.25) is 0 Å². The van der Waals surface area contributed by atoms with Crippen molar-refractivity contribution in [3.63, 3.8) is 0 Å². The first-order valence-electron chi connectivity index (χ1n) is 12.7. The lowest BCUT2D eigenvalue weighted by Gasteiger charge is -2.09. The summed E-state index contributed by atoms with van der Waals surface area (Å²) in [4.78, 5) is 0. The second kappa shape index (κ2) is 8.88. The Balaban J connectivity index is 1.17. The Hall–Kier alpha value is -4.83. The van der Waals surface area contributed by atoms with Gasteiger partial charge in [-0.15, -0.1) is 0 Å². The van der Waals surface area contributed by atoms with Gasteiger partial charge in [0, 0.05) is 10.8 Å². The topological polar surface area (TPSA) is 13.1 Å². The Morgan fingerprint density at radius 3 is 1.51 bits per heavy atom. The van der Waals surface area contributed by atoms with E-state index in [9.17, 15) is 13.2 Å². The largest absolute Gasteiger partial charge is 0.456 e. The smallest absolute Gasteiger partial charge is 0.416 e. The van der Waals surface area contributed by atoms with E-state index in [-0.39, 0.29) is 0 Å². The van der Waals surface area contributed by atoms with Crippen LogP contribution in [0, 0.1) is 0 Å². The minimum atomic E-state index is -4.33. The fourth-order valence-electron chi connectivity index (χ4n) is 5.22. The molecule has 1 heterocycles. The number of hydrogen-bond acceptors (Lipinski definition) is 1. The first-order chi connectivity index (χ1) is 18.9. The summed E-state index contributed by atoms with van der Waals surface area (Å²) >= 11 is 0. The number of para-hydroxylation sites is 1. The molecular weight excluding hydrogens is 493 g/mol. The third-order valence-corrected chi connectivity index (χ3v) is 7.31. The zero-order valence-electron chi connectivity index (χ0n) is 20.7. The van der Waals surface area contributed by atoms with Gasteiger partial charge in [0.25, 0.3) is 0 Å². The van der Waals surface area contributed by atoms with Gasteiger partial charge in [-0.05, 0) is 86.6 Å². The molecule has 0 saturated heterocycles. The van der Waals surface area contributed by atoms with Crippen LogP contribution in [0.2, 0.25) is 0 Å². The molecule has 6 aromatic carbocycles. The van der Waals surface area contributed by atoms with Crippen LogP contribution in [0.15, 0.2) is 132 Å². The average molecular weight is 515 g/mol. The summed E-state index contributed by atoms with van der Waals surface area (Å²) in [6.07, 6.45) is -4.33. The highest BCUT2D eigenvalue weighted by Gasteiger charge is 2.29. The maximum atomic E-state index is 12.9. The van der Waals surface area contributed by atoms with E-state index in [4.69, 9.17) is 4.42 Å². The van der Waals surface area contributed by atoms with Gasteiger partial charge in [-0.1, -0.05) is 84.9 Å². The minimum absolute atomic E-state index is 0.641. The molecule has 0 aliphatic carbocycles. The molecule has 39 heavy (non-hydrogen) atoms. The van der Waals surface area contributed by atoms with Gasteiger partial charge in [0.05, 0.1) is 5.56 Å². The number of rotatable bonds is 3. The second-order valence-electron chi connectivity index (χ2n) is 9.74. The van der Waals surface area contributed by atoms with Crippen LogP contribution in [0.1, 0.15) is 5.56 Å². The Bertz CT molecular complexity index is 1980. The van der Waals surface area contributed by atoms with Crippen LogP contribution < -0.4 is 0 Å². The molecule has 0 unspecified atom stereocenters. The fourth-order valence-corrected chi connectivity index (χ4v) is 5.22. The van der Waals surface area contributed by atoms with Crippen molar-refractivity contribution in [3.05, 3.63) is 133 Å². The van der Waals surface area contributed by atoms with E-state index < -0.39 is 11.7 Å². The van der Waals surface area contributed by atoms with E-state index in [2.05, 4.69) is 54.6 Å². The minimum Gasteiger partial charge on any atom is -0.456 e. The molecule has 0 amide bonds. The summed E-state index contributed by atoms with van der Waals surface area (Å²) in [5, 5.41) is 4.51. The number of furan rings is 1. The molecule has 0 aliphatic heterocycles. The average Bonchev–Trinajstić information content (AvgIpc) is 3.34. The number of benzene rings is 6. The standard InChI is InChI=1S/C35H21F3O/c36-35(37,38)30-16-13-23(14-17-30)22-5-7-24(8-6-22)25-9-10-27-20-28(12-11-26(27)19-25)29-15-18-34-32(21-29)31-3-1-2-4-33(31)39-34/h1-21H. The number of halogens is 3. The lowest BCUT2D eigenvalue weighted by atomic mass is 9.96. The van der Waals surface area contributed by atoms with Crippen molar-refractivity contribution in [1.29, 1.82) is 0 Å². The highest BCUT2D eigenvalue weighted by molar-refractivity contribution is 6.06. The summed E-state index contributed by atoms with van der Waals surface area (Å²) in [5.74, 6) is 0. The molecule has 0 bridgehead atoms. The molecule has 188 valence electrons. The van der Waals surface area contributed by atoms with Gasteiger partial charge in [0.15, 0.2) is 0 Å². The van der Waals surface area contributed by atoms with Crippen molar-refractivity contribution >= 4 is 32.7 Å². The molecule has 0 radical (unpaired) electrons. The number of hydrogen-bond donors (Lipinski definition) is 0. The lowest BCUT2D eigenvalue weighted by Crippen LogP contribution is -2.03. The van der Waals surface area contributed by atoms with Crippen LogP contribution in [-0.4, -0.2) is 0 Å². The molecule has 0 atom stereocenters. The van der Waals surface area contributed by atoms with Crippen LogP contribution in [0.4, 0.5) is 13.2 Å². The molecule has 0 aliphatic rings. The Labute approximate surface area is 222 Å². The van der Waals surface area contributed by atoms with Gasteiger partial charge >= 0.3 is 6.18 Å². The summed E-state index contributed by atoms with van der Waals surface area (Å²) in [7, 11) is 0. The first-order valence-corrected chi connectivity index (χ1v) is 12.7. The molecule has 7 rings (SSSR count). The summed E-state index contributed by atoms with van der Waals surface area (Å²) in [5.41, 5.74) is 7.18. The van der Waals surface area contributed by atoms with Gasteiger partial charge < -0.3 is 4.42 Å². The van der Waals surface area contributed by atoms with Gasteiger partial charge in [-0.3, -0.25) is 0 Å². The fraction of sp³-hybridized carbons (Fsp3) is 0.0286. The molecule has 7 aromatic rings. The molecule has 1 nitrogen and oxygen atoms in total. The van der Waals surface area contributed by atoms with Crippen molar-refractivity contribution in [1.82, 2.24) is 0 Å². The van der Waals surface area contributed by atoms with Gasteiger partial charge in [-0.2, -0.15) is 13.2 Å². The molecule has 0 N–H and O–H groups in total. The van der Waals surface area contributed by atoms with Crippen molar-refractivity contribution in [2.24, 2.45) is 0 Å².